The molecular weight excluding hydrogens is 440 g/mol. The van der Waals surface area contributed by atoms with E-state index in [0.717, 1.165) is 49.8 Å². The van der Waals surface area contributed by atoms with Crippen molar-refractivity contribution in [3.8, 4) is 6.19 Å². The maximum atomic E-state index is 12.9. The van der Waals surface area contributed by atoms with Crippen LogP contribution < -0.4 is 16.1 Å². The molecule has 8 heteroatoms. The van der Waals surface area contributed by atoms with E-state index in [9.17, 15) is 4.79 Å². The highest BCUT2D eigenvalue weighted by molar-refractivity contribution is 5.94. The van der Waals surface area contributed by atoms with Gasteiger partial charge in [-0.1, -0.05) is 62.4 Å². The van der Waals surface area contributed by atoms with Gasteiger partial charge in [0.2, 0.25) is 11.9 Å². The lowest BCUT2D eigenvalue weighted by molar-refractivity contribution is -0.144. The van der Waals surface area contributed by atoms with Crippen LogP contribution in [0.25, 0.3) is 0 Å². The third kappa shape index (κ3) is 10.1. The number of amides is 1. The molecule has 0 radical (unpaired) electrons. The SMILES string of the molecule is N#CNC(=NCCCCC[C@H](Cc1ccccc1)C(=O)NOC1CCCCC1)Nc1ccncc1. The highest BCUT2D eigenvalue weighted by atomic mass is 16.7. The Hall–Kier alpha value is -3.44. The first-order valence-corrected chi connectivity index (χ1v) is 12.6. The average Bonchev–Trinajstić information content (AvgIpc) is 2.90. The monoisotopic (exact) mass is 476 g/mol. The summed E-state index contributed by atoms with van der Waals surface area (Å²) in [6.07, 6.45) is 15.2. The van der Waals surface area contributed by atoms with Crippen LogP contribution in [0, 0.1) is 17.4 Å². The van der Waals surface area contributed by atoms with Crippen molar-refractivity contribution in [1.29, 1.82) is 5.26 Å². The van der Waals surface area contributed by atoms with Gasteiger partial charge >= 0.3 is 0 Å². The number of carbonyl (C=O) groups excluding carboxylic acids is 1. The second-order valence-electron chi connectivity index (χ2n) is 8.91. The molecule has 1 aliphatic carbocycles. The molecule has 1 aromatic heterocycles. The van der Waals surface area contributed by atoms with Crippen molar-refractivity contribution in [3.63, 3.8) is 0 Å². The van der Waals surface area contributed by atoms with Gasteiger partial charge in [0, 0.05) is 30.5 Å². The smallest absolute Gasteiger partial charge is 0.246 e. The minimum absolute atomic E-state index is 0.0282. The zero-order chi connectivity index (χ0) is 24.6. The number of guanidine groups is 1. The van der Waals surface area contributed by atoms with E-state index in [-0.39, 0.29) is 17.9 Å². The third-order valence-electron chi connectivity index (χ3n) is 6.17. The number of hydrogen-bond acceptors (Lipinski definition) is 5. The molecule has 1 fully saturated rings. The number of anilines is 1. The molecule has 0 aliphatic heterocycles. The van der Waals surface area contributed by atoms with Gasteiger partial charge in [0.05, 0.1) is 6.10 Å². The van der Waals surface area contributed by atoms with Gasteiger partial charge in [0.15, 0.2) is 6.19 Å². The van der Waals surface area contributed by atoms with Crippen LogP contribution in [-0.2, 0) is 16.1 Å². The highest BCUT2D eigenvalue weighted by Crippen LogP contribution is 2.21. The summed E-state index contributed by atoms with van der Waals surface area (Å²) < 4.78 is 0. The molecule has 1 aromatic carbocycles. The molecule has 3 N–H and O–H groups in total. The maximum Gasteiger partial charge on any atom is 0.246 e. The molecule has 0 bridgehead atoms. The Labute approximate surface area is 208 Å². The van der Waals surface area contributed by atoms with E-state index >= 15 is 0 Å². The molecule has 8 nitrogen and oxygen atoms in total. The van der Waals surface area contributed by atoms with E-state index in [1.165, 1.54) is 19.3 Å². The molecule has 1 aliphatic rings. The second kappa shape index (κ2) is 15.5. The lowest BCUT2D eigenvalue weighted by atomic mass is 9.93. The van der Waals surface area contributed by atoms with Gasteiger partial charge in [-0.3, -0.25) is 24.9 Å². The minimum atomic E-state index is -0.131. The van der Waals surface area contributed by atoms with Crippen molar-refractivity contribution in [3.05, 3.63) is 60.4 Å². The van der Waals surface area contributed by atoms with Crippen LogP contribution in [-0.4, -0.2) is 29.5 Å². The van der Waals surface area contributed by atoms with E-state index in [2.05, 4.69) is 38.2 Å². The van der Waals surface area contributed by atoms with Crippen molar-refractivity contribution in [1.82, 2.24) is 15.8 Å². The normalized spacial score (nSPS) is 15.1. The maximum absolute atomic E-state index is 12.9. The van der Waals surface area contributed by atoms with Crippen LogP contribution >= 0.6 is 0 Å². The van der Waals surface area contributed by atoms with E-state index in [1.54, 1.807) is 12.4 Å². The number of nitrogens with one attached hydrogen (secondary N) is 3. The topological polar surface area (TPSA) is 111 Å². The molecule has 186 valence electrons. The van der Waals surface area contributed by atoms with E-state index in [1.807, 2.05) is 36.5 Å². The number of benzene rings is 1. The fourth-order valence-electron chi connectivity index (χ4n) is 4.24. The van der Waals surface area contributed by atoms with Gasteiger partial charge in [-0.05, 0) is 49.8 Å². The summed E-state index contributed by atoms with van der Waals surface area (Å²) in [7, 11) is 0. The number of rotatable bonds is 12. The van der Waals surface area contributed by atoms with Crippen LogP contribution in [0.3, 0.4) is 0 Å². The highest BCUT2D eigenvalue weighted by Gasteiger charge is 2.21. The van der Waals surface area contributed by atoms with Crippen molar-refractivity contribution >= 4 is 17.6 Å². The number of aromatic nitrogens is 1. The quantitative estimate of drug-likeness (QED) is 0.102. The molecule has 1 heterocycles. The number of carbonyl (C=O) groups is 1. The second-order valence-corrected chi connectivity index (χ2v) is 8.91. The molecular formula is C27H36N6O2. The molecule has 0 unspecified atom stereocenters. The van der Waals surface area contributed by atoms with Crippen molar-refractivity contribution < 1.29 is 9.63 Å². The summed E-state index contributed by atoms with van der Waals surface area (Å²) >= 11 is 0. The first-order valence-electron chi connectivity index (χ1n) is 12.6. The summed E-state index contributed by atoms with van der Waals surface area (Å²) in [5.74, 6) is 0.257. The molecule has 35 heavy (non-hydrogen) atoms. The Bertz CT molecular complexity index is 939. The molecule has 1 saturated carbocycles. The Morgan fingerprint density at radius 2 is 1.86 bits per heavy atom. The molecule has 1 atom stereocenters. The molecule has 0 saturated heterocycles. The lowest BCUT2D eigenvalue weighted by Gasteiger charge is -2.23. The van der Waals surface area contributed by atoms with Gasteiger partial charge in [0.25, 0.3) is 0 Å². The number of unbranched alkanes of at least 4 members (excludes halogenated alkanes) is 2. The zero-order valence-corrected chi connectivity index (χ0v) is 20.3. The Balaban J connectivity index is 1.44. The van der Waals surface area contributed by atoms with Gasteiger partial charge in [-0.15, -0.1) is 0 Å². The predicted molar refractivity (Wildman–Crippen MR) is 137 cm³/mol. The minimum Gasteiger partial charge on any atom is -0.325 e. The van der Waals surface area contributed by atoms with Crippen LogP contribution in [0.15, 0.2) is 59.9 Å². The van der Waals surface area contributed by atoms with Crippen LogP contribution in [0.5, 0.6) is 0 Å². The number of pyridine rings is 1. The van der Waals surface area contributed by atoms with Crippen LogP contribution in [0.2, 0.25) is 0 Å². The average molecular weight is 477 g/mol. The predicted octanol–water partition coefficient (Wildman–Crippen LogP) is 4.72. The summed E-state index contributed by atoms with van der Waals surface area (Å²) in [5, 5.41) is 14.6. The van der Waals surface area contributed by atoms with Crippen molar-refractivity contribution in [2.24, 2.45) is 10.9 Å². The summed E-state index contributed by atoms with van der Waals surface area (Å²) in [6.45, 7) is 0.586. The zero-order valence-electron chi connectivity index (χ0n) is 20.3. The fraction of sp³-hybridized carbons (Fsp3) is 0.481. The van der Waals surface area contributed by atoms with Crippen LogP contribution in [0.4, 0.5) is 5.69 Å². The molecule has 0 spiro atoms. The fourth-order valence-corrected chi connectivity index (χ4v) is 4.24. The van der Waals surface area contributed by atoms with Gasteiger partial charge in [0.1, 0.15) is 0 Å². The first kappa shape index (κ1) is 26.2. The van der Waals surface area contributed by atoms with Gasteiger partial charge < -0.3 is 5.32 Å². The van der Waals surface area contributed by atoms with Crippen molar-refractivity contribution in [2.75, 3.05) is 11.9 Å². The van der Waals surface area contributed by atoms with E-state index in [0.29, 0.717) is 18.9 Å². The van der Waals surface area contributed by atoms with E-state index in [4.69, 9.17) is 10.1 Å². The number of nitriles is 1. The summed E-state index contributed by atoms with van der Waals surface area (Å²) in [4.78, 5) is 27.1. The number of hydroxylamine groups is 1. The molecule has 3 rings (SSSR count). The van der Waals surface area contributed by atoms with Gasteiger partial charge in [-0.25, -0.2) is 5.48 Å². The summed E-state index contributed by atoms with van der Waals surface area (Å²) in [5.41, 5.74) is 4.73. The number of hydrogen-bond donors (Lipinski definition) is 3. The standard InChI is InChI=1S/C27H36N6O2/c28-21-31-27(32-24-15-18-29-19-16-24)30-17-9-3-6-12-23(20-22-10-4-1-5-11-22)26(34)33-35-25-13-7-2-8-14-25/h1,4-5,10-11,15-16,18-19,23,25H,2-3,6-9,12-14,17,20H2,(H,33,34)(H2,29,30,31,32)/t23-/m1/s1. The number of aliphatic imine (C=N–C) groups is 1. The Kier molecular flexibility index (Phi) is 11.6. The van der Waals surface area contributed by atoms with Crippen molar-refractivity contribution in [2.45, 2.75) is 70.3 Å². The summed E-state index contributed by atoms with van der Waals surface area (Å²) in [6, 6.07) is 13.8. The van der Waals surface area contributed by atoms with E-state index < -0.39 is 0 Å². The Morgan fingerprint density at radius 1 is 1.09 bits per heavy atom. The number of nitrogens with zero attached hydrogens (tertiary/aromatic N) is 3. The van der Waals surface area contributed by atoms with Gasteiger partial charge in [-0.2, -0.15) is 5.26 Å². The van der Waals surface area contributed by atoms with Crippen LogP contribution in [0.1, 0.15) is 63.4 Å². The largest absolute Gasteiger partial charge is 0.325 e. The Morgan fingerprint density at radius 3 is 2.60 bits per heavy atom. The molecule has 2 aromatic rings. The first-order chi connectivity index (χ1) is 17.2. The molecule has 1 amide bonds. The third-order valence-corrected chi connectivity index (χ3v) is 6.17. The lowest BCUT2D eigenvalue weighted by Crippen LogP contribution is -2.36.